The standard InChI is InChI=1S/C60H36N4.C18H17N2.BH2P2.2Pt.H/c1-5-21-37(22-6-1)49-53-41-29-13-15-31-43(41)55(61-53)50(38-23-7-2-8-24-38)57-45-33-17-19-35-47(45)59(63-57)52(40-27-11-4-12-28-40)60-48-36-20-18-34-46(48)58(64-60)51(39-25-9-3-10-26-39)56-44-32-16-14-30-42(44)54(49)62-56;1-13-8-10-16-18(15-6-4-3-5-7-15)17-11-9-14(2)20(17)12-19(13)16;1-2-3-1;;;/h1-36H;3-11H,12H2,1-2H3;2-3H;;;/q-2;+1;;;+2;/i;;;;;1+2. The van der Waals surface area contributed by atoms with Gasteiger partial charge in [-0.15, -0.1) is 38.4 Å². The van der Waals surface area contributed by atoms with E-state index < -0.39 is 0 Å². The van der Waals surface area contributed by atoms with E-state index in [1.54, 1.807) is 0 Å². The fraction of sp³-hybridized carbons (Fsp3) is 0.0385. The molecule has 0 spiro atoms. The Morgan fingerprint density at radius 1 is 0.404 bits per heavy atom. The Balaban J connectivity index is 0.000000226. The SMILES string of the molecule is CC1=[N+]2Cn3c(C)ccc3C(c3ccccc3)=C2C=C1.[3H][Pt].[B]1PP1.[Pt+2].c1ccc(-c2c3nc(c(-c4ccccc4)c4[n-]c(c(-c5ccccc5)c5nc(c(-c6ccccc6)c6[n-]c2c2ccccc62)-c2ccccc2-5)c2ccccc42)-c2ccccc2-3)cc1. The van der Waals surface area contributed by atoms with Crippen LogP contribution < -0.4 is 9.97 Å². The van der Waals surface area contributed by atoms with Gasteiger partial charge >= 0.3 is 42.7 Å². The third-order valence-corrected chi connectivity index (χ3v) is 18.3. The Labute approximate surface area is 551 Å². The van der Waals surface area contributed by atoms with Crippen molar-refractivity contribution < 1.29 is 46.5 Å². The Bertz CT molecular complexity index is 4680. The molecular formula is C78H56BN6P2Pt2+. The molecule has 8 bridgehead atoms. The zero-order valence-corrected chi connectivity index (χ0v) is 55.1. The summed E-state index contributed by atoms with van der Waals surface area (Å²) < 4.78 is 10.5. The molecule has 9 aromatic carbocycles. The van der Waals surface area contributed by atoms with Crippen LogP contribution in [0.1, 0.15) is 23.9 Å². The molecule has 2 unspecified atom stereocenters. The number of rotatable bonds is 5. The molecule has 3 aromatic heterocycles. The summed E-state index contributed by atoms with van der Waals surface area (Å²) in [6, 6.07) is 92.3. The summed E-state index contributed by atoms with van der Waals surface area (Å²) in [5.41, 5.74) is 27.1. The minimum absolute atomic E-state index is 0. The summed E-state index contributed by atoms with van der Waals surface area (Å²) in [6.45, 7) is 7.57. The molecular weight excluding hydrogens is 1480 g/mol. The third kappa shape index (κ3) is 10.3. The average Bonchev–Trinajstić information content (AvgIpc) is 1.59. The van der Waals surface area contributed by atoms with E-state index >= 15 is 0 Å². The number of aryl methyl sites for hydroxylation is 1. The van der Waals surface area contributed by atoms with Gasteiger partial charge in [-0.05, 0) is 90.7 Å². The van der Waals surface area contributed by atoms with Crippen molar-refractivity contribution in [3.63, 3.8) is 0 Å². The van der Waals surface area contributed by atoms with Crippen LogP contribution in [0.2, 0.25) is 0 Å². The van der Waals surface area contributed by atoms with Gasteiger partial charge in [0.15, 0.2) is 12.4 Å². The number of fused-ring (bicyclic) bond motifs is 2. The number of nitrogens with zero attached hydrogens (tertiary/aromatic N) is 6. The molecule has 0 saturated carbocycles. The van der Waals surface area contributed by atoms with Crippen molar-refractivity contribution in [3.05, 3.63) is 296 Å². The van der Waals surface area contributed by atoms with Crippen LogP contribution in [0.3, 0.4) is 0 Å². The van der Waals surface area contributed by atoms with Crippen LogP contribution in [0.4, 0.5) is 0 Å². The monoisotopic (exact) mass is 1540 g/mol. The molecule has 1 fully saturated rings. The van der Waals surface area contributed by atoms with Gasteiger partial charge in [0, 0.05) is 47.0 Å². The van der Waals surface area contributed by atoms with Gasteiger partial charge < -0.3 is 9.97 Å². The van der Waals surface area contributed by atoms with Gasteiger partial charge in [0.1, 0.15) is 0 Å². The Kier molecular flexibility index (Phi) is 15.8. The molecule has 1 radical (unpaired) electrons. The van der Waals surface area contributed by atoms with Crippen molar-refractivity contribution in [3.8, 4) is 89.5 Å². The summed E-state index contributed by atoms with van der Waals surface area (Å²) in [5, 5.41) is 4.21. The number of hydrogen-bond acceptors (Lipinski definition) is 2. The van der Waals surface area contributed by atoms with Crippen LogP contribution in [0, 0.1) is 6.92 Å². The van der Waals surface area contributed by atoms with Crippen LogP contribution in [0.25, 0.3) is 139 Å². The van der Waals surface area contributed by atoms with E-state index in [-0.39, 0.29) is 21.1 Å². The van der Waals surface area contributed by atoms with Crippen LogP contribution in [0.15, 0.2) is 279 Å². The summed E-state index contributed by atoms with van der Waals surface area (Å²) >= 11 is 1.39. The molecule has 5 aliphatic heterocycles. The first-order valence-electron chi connectivity index (χ1n) is 29.9. The third-order valence-electron chi connectivity index (χ3n) is 17.2. The zero-order valence-electron chi connectivity index (χ0n) is 49.6. The predicted octanol–water partition coefficient (Wildman–Crippen LogP) is 19.3. The van der Waals surface area contributed by atoms with Gasteiger partial charge in [-0.25, -0.2) is 9.97 Å². The zero-order chi connectivity index (χ0) is 60.0. The van der Waals surface area contributed by atoms with Crippen LogP contribution in [0.5, 0.6) is 0 Å². The second-order valence-electron chi connectivity index (χ2n) is 22.3. The van der Waals surface area contributed by atoms with Gasteiger partial charge in [0.05, 0.1) is 34.0 Å². The van der Waals surface area contributed by atoms with Crippen molar-refractivity contribution in [2.45, 2.75) is 20.5 Å². The van der Waals surface area contributed by atoms with E-state index in [1.165, 1.54) is 71.1 Å². The second-order valence-corrected chi connectivity index (χ2v) is 25.7. The summed E-state index contributed by atoms with van der Waals surface area (Å²) in [4.78, 5) is 23.4. The average molecular weight is 1540 g/mol. The molecule has 12 aromatic rings. The largest absolute Gasteiger partial charge is 2.00 e. The molecule has 18 rings (SSSR count). The number of aromatic nitrogens is 5. The maximum atomic E-state index is 5.85. The quantitative estimate of drug-likeness (QED) is 0.0979. The van der Waals surface area contributed by atoms with Crippen LogP contribution in [-0.4, -0.2) is 32.3 Å². The number of allylic oxidation sites excluding steroid dienone is 2. The first-order chi connectivity index (χ1) is 44.1. The van der Waals surface area contributed by atoms with Gasteiger partial charge in [-0.2, -0.15) is 4.58 Å². The molecule has 8 heterocycles. The Hall–Kier alpha value is -8.65. The summed E-state index contributed by atoms with van der Waals surface area (Å²) in [6.07, 6.45) is 4.45. The maximum Gasteiger partial charge on any atom is 2.00 e. The van der Waals surface area contributed by atoms with Crippen molar-refractivity contribution >= 4 is 77.9 Å². The summed E-state index contributed by atoms with van der Waals surface area (Å²) in [5.74, 6) is 0. The smallest absolute Gasteiger partial charge is 0.656 e. The van der Waals surface area contributed by atoms with Crippen LogP contribution >= 0.6 is 16.3 Å². The molecule has 0 N–H and O–H groups in total. The van der Waals surface area contributed by atoms with Crippen molar-refractivity contribution in [2.75, 3.05) is 0 Å². The van der Waals surface area contributed by atoms with Gasteiger partial charge in [-0.1, -0.05) is 249 Å². The van der Waals surface area contributed by atoms with E-state index in [4.69, 9.17) is 20.7 Å². The minimum atomic E-state index is 0. The minimum Gasteiger partial charge on any atom is -0.656 e. The maximum absolute atomic E-state index is 5.85. The van der Waals surface area contributed by atoms with Crippen molar-refractivity contribution in [1.29, 1.82) is 0.749 Å². The molecule has 6 nitrogen and oxygen atoms in total. The van der Waals surface area contributed by atoms with Crippen LogP contribution in [-0.2, 0) is 48.6 Å². The molecule has 1 aliphatic carbocycles. The van der Waals surface area contributed by atoms with E-state index in [0.29, 0.717) is 0 Å². The van der Waals surface area contributed by atoms with Crippen molar-refractivity contribution in [1.82, 2.24) is 24.5 Å². The first-order valence-corrected chi connectivity index (χ1v) is 32.7. The fourth-order valence-corrected chi connectivity index (χ4v) is 13.1. The molecule has 1 saturated heterocycles. The molecule has 6 aliphatic rings. The van der Waals surface area contributed by atoms with Gasteiger partial charge in [0.2, 0.25) is 12.4 Å². The molecule has 11 heteroatoms. The predicted molar refractivity (Wildman–Crippen MR) is 370 cm³/mol. The van der Waals surface area contributed by atoms with Gasteiger partial charge in [-0.3, -0.25) is 4.57 Å². The normalized spacial score (nSPS) is 13.6. The topological polar surface area (TPSA) is 61.9 Å². The van der Waals surface area contributed by atoms with E-state index in [2.05, 4.69) is 303 Å². The van der Waals surface area contributed by atoms with E-state index in [0.717, 1.165) is 140 Å². The molecule has 430 valence electrons. The van der Waals surface area contributed by atoms with E-state index in [9.17, 15) is 0 Å². The Morgan fingerprint density at radius 2 is 0.708 bits per heavy atom. The number of hydrogen-bond donors (Lipinski definition) is 0. The fourth-order valence-electron chi connectivity index (χ4n) is 13.1. The number of benzene rings is 9. The van der Waals surface area contributed by atoms with Crippen molar-refractivity contribution in [2.24, 2.45) is 0 Å². The summed E-state index contributed by atoms with van der Waals surface area (Å²) in [7, 11) is 2.47. The van der Waals surface area contributed by atoms with E-state index in [1.807, 2.05) is 0 Å². The first kappa shape index (κ1) is 56.8. The molecule has 89 heavy (non-hydrogen) atoms. The molecule has 2 atom stereocenters. The second kappa shape index (κ2) is 24.7. The van der Waals surface area contributed by atoms with Gasteiger partial charge in [0.25, 0.3) is 0 Å². The molecule has 0 amide bonds. The Morgan fingerprint density at radius 3 is 1.03 bits per heavy atom.